The molecule has 0 fully saturated rings. The predicted octanol–water partition coefficient (Wildman–Crippen LogP) is 4.23. The van der Waals surface area contributed by atoms with E-state index in [1.54, 1.807) is 0 Å². The van der Waals surface area contributed by atoms with Gasteiger partial charge in [-0.2, -0.15) is 0 Å². The first-order valence-corrected chi connectivity index (χ1v) is 5.92. The fourth-order valence-electron chi connectivity index (χ4n) is 1.64. The first-order valence-electron chi connectivity index (χ1n) is 5.92. The molecule has 0 amide bonds. The van der Waals surface area contributed by atoms with Crippen molar-refractivity contribution in [2.75, 3.05) is 6.61 Å². The first-order chi connectivity index (χ1) is 7.17. The highest BCUT2D eigenvalue weighted by molar-refractivity contribution is 5.35. The Morgan fingerprint density at radius 3 is 2.53 bits per heavy atom. The number of hydrogen-bond donors (Lipinski definition) is 0. The van der Waals surface area contributed by atoms with Crippen LogP contribution in [0.15, 0.2) is 35.6 Å². The second-order valence-corrected chi connectivity index (χ2v) is 4.33. The van der Waals surface area contributed by atoms with Gasteiger partial charge < -0.3 is 4.74 Å². The van der Waals surface area contributed by atoms with E-state index in [4.69, 9.17) is 4.74 Å². The molecule has 0 aromatic carbocycles. The summed E-state index contributed by atoms with van der Waals surface area (Å²) >= 11 is 0. The van der Waals surface area contributed by atoms with Gasteiger partial charge in [0.15, 0.2) is 0 Å². The molecule has 0 spiro atoms. The molecule has 0 unspecified atom stereocenters. The molecule has 0 N–H and O–H groups in total. The second-order valence-electron chi connectivity index (χ2n) is 4.33. The van der Waals surface area contributed by atoms with Gasteiger partial charge in [0.1, 0.15) is 5.76 Å². The van der Waals surface area contributed by atoms with E-state index in [0.717, 1.165) is 25.2 Å². The zero-order chi connectivity index (χ0) is 11.3. The van der Waals surface area contributed by atoms with Gasteiger partial charge in [-0.1, -0.05) is 45.9 Å². The third-order valence-electron chi connectivity index (χ3n) is 2.54. The lowest BCUT2D eigenvalue weighted by Gasteiger charge is -2.16. The highest BCUT2D eigenvalue weighted by Gasteiger charge is 2.16. The van der Waals surface area contributed by atoms with Crippen molar-refractivity contribution in [1.82, 2.24) is 0 Å². The minimum Gasteiger partial charge on any atom is -0.493 e. The topological polar surface area (TPSA) is 9.23 Å². The zero-order valence-corrected chi connectivity index (χ0v) is 10.3. The van der Waals surface area contributed by atoms with Crippen molar-refractivity contribution in [1.29, 1.82) is 0 Å². The normalized spacial score (nSPS) is 22.1. The van der Waals surface area contributed by atoms with Crippen LogP contribution in [0.25, 0.3) is 0 Å². The van der Waals surface area contributed by atoms with Crippen molar-refractivity contribution < 1.29 is 4.74 Å². The van der Waals surface area contributed by atoms with E-state index in [-0.39, 0.29) is 5.41 Å². The molecule has 0 aromatic heterocycles. The van der Waals surface area contributed by atoms with Crippen LogP contribution < -0.4 is 0 Å². The van der Waals surface area contributed by atoms with Crippen molar-refractivity contribution in [2.24, 2.45) is 5.41 Å². The van der Waals surface area contributed by atoms with E-state index in [1.165, 1.54) is 5.57 Å². The van der Waals surface area contributed by atoms with Gasteiger partial charge in [0, 0.05) is 5.41 Å². The highest BCUT2D eigenvalue weighted by atomic mass is 16.5. The summed E-state index contributed by atoms with van der Waals surface area (Å²) in [4.78, 5) is 0. The third kappa shape index (κ3) is 3.26. The Balaban J connectivity index is 0.000000531. The van der Waals surface area contributed by atoms with Crippen LogP contribution in [-0.2, 0) is 4.74 Å². The summed E-state index contributed by atoms with van der Waals surface area (Å²) in [7, 11) is 0. The van der Waals surface area contributed by atoms with Gasteiger partial charge >= 0.3 is 0 Å². The highest BCUT2D eigenvalue weighted by Crippen LogP contribution is 2.29. The minimum absolute atomic E-state index is 0.167. The minimum atomic E-state index is 0.167. The van der Waals surface area contributed by atoms with E-state index in [0.29, 0.717) is 0 Å². The molecule has 0 radical (unpaired) electrons. The van der Waals surface area contributed by atoms with Crippen molar-refractivity contribution in [3.8, 4) is 0 Å². The Morgan fingerprint density at radius 2 is 1.80 bits per heavy atom. The smallest absolute Gasteiger partial charge is 0.122 e. The molecule has 1 heterocycles. The molecule has 1 nitrogen and oxygen atoms in total. The van der Waals surface area contributed by atoms with Crippen LogP contribution in [0.2, 0.25) is 0 Å². The molecule has 0 bridgehead atoms. The lowest BCUT2D eigenvalue weighted by atomic mass is 9.93. The van der Waals surface area contributed by atoms with E-state index in [1.807, 2.05) is 13.8 Å². The maximum atomic E-state index is 5.60. The van der Waals surface area contributed by atoms with Gasteiger partial charge in [-0.25, -0.2) is 0 Å². The fourth-order valence-corrected chi connectivity index (χ4v) is 1.64. The van der Waals surface area contributed by atoms with Gasteiger partial charge in [0.05, 0.1) is 6.61 Å². The number of hydrogen-bond acceptors (Lipinski definition) is 1. The lowest BCUT2D eigenvalue weighted by molar-refractivity contribution is 0.201. The summed E-state index contributed by atoms with van der Waals surface area (Å²) in [5, 5.41) is 0. The Bertz CT molecular complexity index is 264. The first kappa shape index (κ1) is 12.1. The van der Waals surface area contributed by atoms with Gasteiger partial charge in [-0.05, 0) is 24.5 Å². The van der Waals surface area contributed by atoms with E-state index in [2.05, 4.69) is 38.2 Å². The number of ether oxygens (including phenoxy) is 1. The van der Waals surface area contributed by atoms with E-state index < -0.39 is 0 Å². The van der Waals surface area contributed by atoms with Crippen molar-refractivity contribution in [2.45, 2.75) is 40.5 Å². The second kappa shape index (κ2) is 5.20. The van der Waals surface area contributed by atoms with E-state index in [9.17, 15) is 0 Å². The number of rotatable bonds is 0. The number of allylic oxidation sites excluding steroid dienone is 5. The molecule has 2 aliphatic rings. The Morgan fingerprint density at radius 1 is 1.13 bits per heavy atom. The summed E-state index contributed by atoms with van der Waals surface area (Å²) in [5.41, 5.74) is 1.52. The van der Waals surface area contributed by atoms with Crippen LogP contribution >= 0.6 is 0 Å². The van der Waals surface area contributed by atoms with Gasteiger partial charge in [0.25, 0.3) is 0 Å². The molecule has 0 saturated carbocycles. The molecule has 1 aliphatic heterocycles. The fraction of sp³-hybridized carbons (Fsp3) is 0.571. The van der Waals surface area contributed by atoms with Crippen molar-refractivity contribution >= 4 is 0 Å². The summed E-state index contributed by atoms with van der Waals surface area (Å²) in [6.45, 7) is 9.29. The predicted molar refractivity (Wildman–Crippen MR) is 65.6 cm³/mol. The molecular formula is C14H22O. The van der Waals surface area contributed by atoms with E-state index >= 15 is 0 Å². The van der Waals surface area contributed by atoms with Gasteiger partial charge in [-0.3, -0.25) is 0 Å². The van der Waals surface area contributed by atoms with Crippen LogP contribution in [0.4, 0.5) is 0 Å². The molecule has 15 heavy (non-hydrogen) atoms. The van der Waals surface area contributed by atoms with Gasteiger partial charge in [0.2, 0.25) is 0 Å². The maximum absolute atomic E-state index is 5.60. The average Bonchev–Trinajstić information content (AvgIpc) is 2.42. The van der Waals surface area contributed by atoms with Crippen LogP contribution in [0.1, 0.15) is 40.5 Å². The van der Waals surface area contributed by atoms with Crippen LogP contribution in [0.5, 0.6) is 0 Å². The molecule has 1 heteroatoms. The van der Waals surface area contributed by atoms with Crippen LogP contribution in [-0.4, -0.2) is 6.61 Å². The third-order valence-corrected chi connectivity index (χ3v) is 2.54. The maximum Gasteiger partial charge on any atom is 0.122 e. The Kier molecular flexibility index (Phi) is 4.19. The Hall–Kier alpha value is -0.980. The summed E-state index contributed by atoms with van der Waals surface area (Å²) in [6.07, 6.45) is 11.1. The SMILES string of the molecule is CC.CC1(C)C=CC2=C(C=C1)OCCC2. The molecule has 2 rings (SSSR count). The lowest BCUT2D eigenvalue weighted by Crippen LogP contribution is -2.03. The standard InChI is InChI=1S/C12H16O.C2H6/c1-12(2)7-5-10-4-3-9-13-11(10)6-8-12;1-2/h5-8H,3-4,9H2,1-2H3;1-2H3. The van der Waals surface area contributed by atoms with Crippen LogP contribution in [0.3, 0.4) is 0 Å². The summed E-state index contributed by atoms with van der Waals surface area (Å²) < 4.78 is 5.60. The zero-order valence-electron chi connectivity index (χ0n) is 10.3. The molecule has 0 saturated heterocycles. The monoisotopic (exact) mass is 206 g/mol. The Labute approximate surface area is 93.5 Å². The molecule has 0 atom stereocenters. The van der Waals surface area contributed by atoms with Crippen molar-refractivity contribution in [3.05, 3.63) is 35.6 Å². The van der Waals surface area contributed by atoms with Gasteiger partial charge in [-0.15, -0.1) is 0 Å². The molecule has 84 valence electrons. The summed E-state index contributed by atoms with van der Waals surface area (Å²) in [6, 6.07) is 0. The molecule has 0 aromatic rings. The quantitative estimate of drug-likeness (QED) is 0.576. The van der Waals surface area contributed by atoms with Crippen LogP contribution in [0, 0.1) is 5.41 Å². The average molecular weight is 206 g/mol. The molecular weight excluding hydrogens is 184 g/mol. The molecule has 1 aliphatic carbocycles. The summed E-state index contributed by atoms with van der Waals surface area (Å²) in [5.74, 6) is 1.08. The largest absolute Gasteiger partial charge is 0.493 e. The van der Waals surface area contributed by atoms with Crippen molar-refractivity contribution in [3.63, 3.8) is 0 Å².